The van der Waals surface area contributed by atoms with Gasteiger partial charge in [0.1, 0.15) is 0 Å². The highest BCUT2D eigenvalue weighted by molar-refractivity contribution is 5.91. The number of hydrogen-bond acceptors (Lipinski definition) is 8. The second-order valence-corrected chi connectivity index (χ2v) is 13.0. The van der Waals surface area contributed by atoms with E-state index in [2.05, 4.69) is 10.2 Å². The number of likely N-dealkylation sites (tertiary alicyclic amines) is 1. The van der Waals surface area contributed by atoms with Gasteiger partial charge in [-0.1, -0.05) is 24.3 Å². The van der Waals surface area contributed by atoms with Crippen LogP contribution in [0.2, 0.25) is 0 Å². The van der Waals surface area contributed by atoms with Gasteiger partial charge in [-0.05, 0) is 67.9 Å². The van der Waals surface area contributed by atoms with Gasteiger partial charge in [-0.2, -0.15) is 0 Å². The fraction of sp³-hybridized carbons (Fsp3) is 0.571. The summed E-state index contributed by atoms with van der Waals surface area (Å²) in [6.45, 7) is 7.46. The number of para-hydroxylation sites is 1. The molecule has 0 aliphatic carbocycles. The summed E-state index contributed by atoms with van der Waals surface area (Å²) in [7, 11) is 1.48. The van der Waals surface area contributed by atoms with Gasteiger partial charge < -0.3 is 39.3 Å². The Morgan fingerprint density at radius 2 is 1.68 bits per heavy atom. The third-order valence-electron chi connectivity index (χ3n) is 10.1. The van der Waals surface area contributed by atoms with Crippen LogP contribution < -0.4 is 10.1 Å². The van der Waals surface area contributed by atoms with E-state index < -0.39 is 12.2 Å². The van der Waals surface area contributed by atoms with Crippen molar-refractivity contribution in [1.29, 1.82) is 0 Å². The summed E-state index contributed by atoms with van der Waals surface area (Å²) in [6.07, 6.45) is 2.63. The predicted molar refractivity (Wildman–Crippen MR) is 176 cm³/mol. The van der Waals surface area contributed by atoms with Gasteiger partial charge in [-0.15, -0.1) is 0 Å². The number of rotatable bonds is 7. The lowest BCUT2D eigenvalue weighted by Crippen LogP contribution is -2.56. The van der Waals surface area contributed by atoms with Crippen LogP contribution in [0.1, 0.15) is 42.4 Å². The number of carbonyl (C=O) groups excluding carboxylic acids is 3. The molecule has 2 aromatic rings. The Hall–Kier alpha value is -4.03. The molecule has 2 N–H and O–H groups in total. The molecule has 0 bridgehead atoms. The molecule has 254 valence electrons. The number of phenolic OH excluding ortho intramolecular Hbond substituents is 1. The molecule has 1 atom stereocenters. The summed E-state index contributed by atoms with van der Waals surface area (Å²) in [5.74, 6) is 0.140. The van der Waals surface area contributed by atoms with Crippen molar-refractivity contribution in [3.05, 3.63) is 53.1 Å². The Kier molecular flexibility index (Phi) is 10.4. The quantitative estimate of drug-likeness (QED) is 0.466. The molecule has 0 saturated carbocycles. The number of ether oxygens (including phenoxy) is 3. The van der Waals surface area contributed by atoms with Gasteiger partial charge >= 0.3 is 12.1 Å². The zero-order chi connectivity index (χ0) is 32.9. The number of aromatic hydroxyl groups is 1. The van der Waals surface area contributed by atoms with Gasteiger partial charge in [0.05, 0.1) is 7.11 Å². The van der Waals surface area contributed by atoms with Crippen molar-refractivity contribution in [3.8, 4) is 11.5 Å². The van der Waals surface area contributed by atoms with Crippen molar-refractivity contribution in [2.75, 3.05) is 71.5 Å². The SMILES string of the molecule is COc1cc(C[C@@H](OC(=O)N2CCC(N3CCc4ccccc4NC3=O)CC2)C(=O)N2CCN(C3CCOCC3)CC2)cc(C)c1O. The number of methoxy groups -OCH3 is 1. The van der Waals surface area contributed by atoms with Crippen LogP contribution in [0, 0.1) is 6.92 Å². The van der Waals surface area contributed by atoms with Crippen LogP contribution in [-0.4, -0.2) is 127 Å². The monoisotopic (exact) mass is 649 g/mol. The standard InChI is InChI=1S/C35H47N5O7/c1-24-21-25(22-30(45-2)32(24)41)23-31(33(42)38-17-15-37(16-18-38)27-10-19-46-20-11-27)47-35(44)39-12-8-28(9-13-39)40-14-7-26-5-3-4-6-29(26)36-34(40)43/h3-6,21-22,27-28,31,41H,7-20,23H2,1-2H3,(H,36,43)/t31-/m1/s1. The van der Waals surface area contributed by atoms with E-state index in [-0.39, 0.29) is 30.2 Å². The maximum absolute atomic E-state index is 14.0. The summed E-state index contributed by atoms with van der Waals surface area (Å²) in [6, 6.07) is 11.7. The molecule has 0 aromatic heterocycles. The van der Waals surface area contributed by atoms with Crippen LogP contribution in [-0.2, 0) is 27.1 Å². The number of piperazine rings is 1. The number of hydrogen-bond donors (Lipinski definition) is 2. The van der Waals surface area contributed by atoms with Crippen molar-refractivity contribution < 1.29 is 33.7 Å². The minimum Gasteiger partial charge on any atom is -0.504 e. The molecule has 12 heteroatoms. The van der Waals surface area contributed by atoms with Gasteiger partial charge in [0.2, 0.25) is 0 Å². The molecule has 0 unspecified atom stereocenters. The number of nitrogens with zero attached hydrogens (tertiary/aromatic N) is 4. The Morgan fingerprint density at radius 1 is 0.957 bits per heavy atom. The molecule has 4 amide bonds. The Morgan fingerprint density at radius 3 is 2.40 bits per heavy atom. The van der Waals surface area contributed by atoms with Crippen LogP contribution in [0.5, 0.6) is 11.5 Å². The lowest BCUT2D eigenvalue weighted by atomic mass is 10.0. The van der Waals surface area contributed by atoms with E-state index in [1.165, 1.54) is 7.11 Å². The van der Waals surface area contributed by atoms with Crippen molar-refractivity contribution in [2.24, 2.45) is 0 Å². The van der Waals surface area contributed by atoms with Crippen molar-refractivity contribution >= 4 is 23.7 Å². The summed E-state index contributed by atoms with van der Waals surface area (Å²) in [5.41, 5.74) is 3.32. The van der Waals surface area contributed by atoms with Gasteiger partial charge in [0, 0.05) is 83.2 Å². The predicted octanol–water partition coefficient (Wildman–Crippen LogP) is 3.63. The topological polar surface area (TPSA) is 124 Å². The van der Waals surface area contributed by atoms with E-state index in [0.29, 0.717) is 62.9 Å². The zero-order valence-corrected chi connectivity index (χ0v) is 27.5. The van der Waals surface area contributed by atoms with Crippen LogP contribution in [0.15, 0.2) is 36.4 Å². The van der Waals surface area contributed by atoms with Gasteiger partial charge in [0.15, 0.2) is 17.6 Å². The first-order valence-corrected chi connectivity index (χ1v) is 16.9. The minimum absolute atomic E-state index is 0.00486. The highest BCUT2D eigenvalue weighted by atomic mass is 16.6. The summed E-state index contributed by atoms with van der Waals surface area (Å²) >= 11 is 0. The van der Waals surface area contributed by atoms with Gasteiger partial charge in [0.25, 0.3) is 5.91 Å². The van der Waals surface area contributed by atoms with E-state index in [1.807, 2.05) is 29.2 Å². The number of nitrogens with one attached hydrogen (secondary N) is 1. The first-order valence-electron chi connectivity index (χ1n) is 16.9. The van der Waals surface area contributed by atoms with Crippen molar-refractivity contribution in [2.45, 2.75) is 63.6 Å². The van der Waals surface area contributed by atoms with E-state index in [1.54, 1.807) is 28.9 Å². The number of fused-ring (bicyclic) bond motifs is 1. The number of carbonyl (C=O) groups is 3. The number of anilines is 1. The van der Waals surface area contributed by atoms with Crippen LogP contribution in [0.25, 0.3) is 0 Å². The molecule has 2 aromatic carbocycles. The highest BCUT2D eigenvalue weighted by Crippen LogP contribution is 2.32. The van der Waals surface area contributed by atoms with Crippen LogP contribution in [0.4, 0.5) is 15.3 Å². The molecule has 47 heavy (non-hydrogen) atoms. The van der Waals surface area contributed by atoms with Crippen LogP contribution >= 0.6 is 0 Å². The second kappa shape index (κ2) is 14.8. The number of urea groups is 1. The molecule has 3 fully saturated rings. The molecule has 12 nitrogen and oxygen atoms in total. The third kappa shape index (κ3) is 7.59. The Labute approximate surface area is 276 Å². The first-order chi connectivity index (χ1) is 22.8. The number of benzene rings is 2. The van der Waals surface area contributed by atoms with E-state index in [9.17, 15) is 19.5 Å². The maximum atomic E-state index is 14.0. The molecule has 3 saturated heterocycles. The number of amides is 4. The van der Waals surface area contributed by atoms with Crippen LogP contribution in [0.3, 0.4) is 0 Å². The van der Waals surface area contributed by atoms with E-state index in [4.69, 9.17) is 14.2 Å². The largest absolute Gasteiger partial charge is 0.504 e. The fourth-order valence-corrected chi connectivity index (χ4v) is 7.34. The summed E-state index contributed by atoms with van der Waals surface area (Å²) < 4.78 is 16.9. The minimum atomic E-state index is -1.03. The van der Waals surface area contributed by atoms with Gasteiger partial charge in [-0.3, -0.25) is 9.69 Å². The van der Waals surface area contributed by atoms with E-state index >= 15 is 0 Å². The smallest absolute Gasteiger partial charge is 0.410 e. The Balaban J connectivity index is 1.10. The summed E-state index contributed by atoms with van der Waals surface area (Å²) in [4.78, 5) is 48.4. The summed E-state index contributed by atoms with van der Waals surface area (Å²) in [5, 5.41) is 13.4. The Bertz CT molecular complexity index is 1430. The van der Waals surface area contributed by atoms with E-state index in [0.717, 1.165) is 62.4 Å². The molecule has 0 spiro atoms. The lowest BCUT2D eigenvalue weighted by Gasteiger charge is -2.41. The molecule has 4 heterocycles. The molecule has 4 aliphatic heterocycles. The first kappa shape index (κ1) is 32.9. The average molecular weight is 650 g/mol. The van der Waals surface area contributed by atoms with Crippen molar-refractivity contribution in [3.63, 3.8) is 0 Å². The number of phenols is 1. The maximum Gasteiger partial charge on any atom is 0.410 e. The normalized spacial score (nSPS) is 20.6. The highest BCUT2D eigenvalue weighted by Gasteiger charge is 2.36. The van der Waals surface area contributed by atoms with Gasteiger partial charge in [-0.25, -0.2) is 9.59 Å². The molecular formula is C35H47N5O7. The zero-order valence-electron chi connectivity index (χ0n) is 27.5. The third-order valence-corrected chi connectivity index (χ3v) is 10.1. The molecule has 6 rings (SSSR count). The molecule has 0 radical (unpaired) electrons. The molecule has 4 aliphatic rings. The fourth-order valence-electron chi connectivity index (χ4n) is 7.34. The second-order valence-electron chi connectivity index (χ2n) is 13.0. The lowest BCUT2D eigenvalue weighted by molar-refractivity contribution is -0.143. The number of aryl methyl sites for hydroxylation is 1. The number of piperidine rings is 1. The average Bonchev–Trinajstić information content (AvgIpc) is 3.27. The molecular weight excluding hydrogens is 602 g/mol. The van der Waals surface area contributed by atoms with Crippen molar-refractivity contribution in [1.82, 2.24) is 19.6 Å².